The van der Waals surface area contributed by atoms with Gasteiger partial charge in [0, 0.05) is 39.4 Å². The molecule has 0 aromatic heterocycles. The molecule has 8 heteroatoms. The molecule has 1 N–H and O–H groups in total. The summed E-state index contributed by atoms with van der Waals surface area (Å²) in [4.78, 5) is 14.9. The smallest absolute Gasteiger partial charge is 0.238 e. The molecule has 156 valence electrons. The highest BCUT2D eigenvalue weighted by atomic mass is 32.2. The predicted molar refractivity (Wildman–Crippen MR) is 107 cm³/mol. The van der Waals surface area contributed by atoms with E-state index >= 15 is 0 Å². The van der Waals surface area contributed by atoms with Crippen LogP contribution >= 0.6 is 0 Å². The Bertz CT molecular complexity index is 756. The largest absolute Gasteiger partial charge is 0.381 e. The van der Waals surface area contributed by atoms with Crippen LogP contribution in [0.15, 0.2) is 24.3 Å². The minimum absolute atomic E-state index is 0.326. The van der Waals surface area contributed by atoms with Gasteiger partial charge in [0.15, 0.2) is 9.84 Å². The van der Waals surface area contributed by atoms with E-state index in [-0.39, 0.29) is 0 Å². The summed E-state index contributed by atoms with van der Waals surface area (Å²) in [6.45, 7) is 6.74. The number of sulfone groups is 1. The van der Waals surface area contributed by atoms with Crippen LogP contribution in [-0.2, 0) is 37.2 Å². The third kappa shape index (κ3) is 5.31. The lowest BCUT2D eigenvalue weighted by Crippen LogP contribution is -2.43. The first-order chi connectivity index (χ1) is 13.5. The number of carbonyl (C=O) groups excluding carboxylic acids is 1. The SMILES string of the molecule is CC(C(=O)NCc1ccccc1CN1CCOCC1)S(=O)(=O)C1CCOCC1. The molecule has 2 aliphatic rings. The average molecular weight is 411 g/mol. The van der Waals surface area contributed by atoms with Gasteiger partial charge in [0.1, 0.15) is 5.25 Å². The van der Waals surface area contributed by atoms with Crippen LogP contribution in [0.25, 0.3) is 0 Å². The fraction of sp³-hybridized carbons (Fsp3) is 0.650. The molecule has 28 heavy (non-hydrogen) atoms. The van der Waals surface area contributed by atoms with Crippen LogP contribution in [-0.4, -0.2) is 69.2 Å². The van der Waals surface area contributed by atoms with Crippen molar-refractivity contribution in [3.05, 3.63) is 35.4 Å². The van der Waals surface area contributed by atoms with E-state index in [9.17, 15) is 13.2 Å². The molecule has 2 fully saturated rings. The number of nitrogens with zero attached hydrogens (tertiary/aromatic N) is 1. The van der Waals surface area contributed by atoms with E-state index in [1.54, 1.807) is 0 Å². The first kappa shape index (κ1) is 21.2. The minimum atomic E-state index is -3.51. The molecular weight excluding hydrogens is 380 g/mol. The van der Waals surface area contributed by atoms with Gasteiger partial charge in [-0.25, -0.2) is 8.42 Å². The number of benzene rings is 1. The Morgan fingerprint density at radius 1 is 1.11 bits per heavy atom. The molecule has 0 radical (unpaired) electrons. The number of hydrogen-bond acceptors (Lipinski definition) is 6. The molecule has 1 atom stereocenters. The Morgan fingerprint density at radius 2 is 1.71 bits per heavy atom. The van der Waals surface area contributed by atoms with Crippen molar-refractivity contribution < 1.29 is 22.7 Å². The molecule has 2 aliphatic heterocycles. The van der Waals surface area contributed by atoms with E-state index in [0.717, 1.165) is 44.0 Å². The Morgan fingerprint density at radius 3 is 2.39 bits per heavy atom. The zero-order valence-electron chi connectivity index (χ0n) is 16.4. The maximum Gasteiger partial charge on any atom is 0.238 e. The summed E-state index contributed by atoms with van der Waals surface area (Å²) in [7, 11) is -3.51. The average Bonchev–Trinajstić information content (AvgIpc) is 2.73. The van der Waals surface area contributed by atoms with Gasteiger partial charge in [0.25, 0.3) is 0 Å². The van der Waals surface area contributed by atoms with E-state index in [1.807, 2.05) is 18.2 Å². The van der Waals surface area contributed by atoms with Gasteiger partial charge in [-0.3, -0.25) is 9.69 Å². The predicted octanol–water partition coefficient (Wildman–Crippen LogP) is 1.12. The fourth-order valence-corrected chi connectivity index (χ4v) is 5.46. The minimum Gasteiger partial charge on any atom is -0.381 e. The van der Waals surface area contributed by atoms with Crippen LogP contribution in [0.5, 0.6) is 0 Å². The van der Waals surface area contributed by atoms with Crippen LogP contribution in [0.4, 0.5) is 0 Å². The Labute approximate surface area is 167 Å². The molecule has 1 unspecified atom stereocenters. The van der Waals surface area contributed by atoms with Crippen LogP contribution in [0.1, 0.15) is 30.9 Å². The lowest BCUT2D eigenvalue weighted by atomic mass is 10.1. The number of carbonyl (C=O) groups is 1. The van der Waals surface area contributed by atoms with Crippen molar-refractivity contribution in [2.24, 2.45) is 0 Å². The van der Waals surface area contributed by atoms with Crippen LogP contribution in [0.3, 0.4) is 0 Å². The summed E-state index contributed by atoms with van der Waals surface area (Å²) in [6, 6.07) is 7.96. The molecule has 0 bridgehead atoms. The first-order valence-corrected chi connectivity index (χ1v) is 11.5. The lowest BCUT2D eigenvalue weighted by molar-refractivity contribution is -0.120. The van der Waals surface area contributed by atoms with Gasteiger partial charge < -0.3 is 14.8 Å². The third-order valence-electron chi connectivity index (χ3n) is 5.56. The van der Waals surface area contributed by atoms with Gasteiger partial charge in [-0.15, -0.1) is 0 Å². The van der Waals surface area contributed by atoms with E-state index < -0.39 is 26.2 Å². The summed E-state index contributed by atoms with van der Waals surface area (Å²) >= 11 is 0. The second-order valence-corrected chi connectivity index (χ2v) is 9.97. The third-order valence-corrected chi connectivity index (χ3v) is 8.16. The van der Waals surface area contributed by atoms with Crippen molar-refractivity contribution in [1.29, 1.82) is 0 Å². The molecule has 1 aromatic rings. The number of nitrogens with one attached hydrogen (secondary N) is 1. The van der Waals surface area contributed by atoms with Gasteiger partial charge in [0.05, 0.1) is 18.5 Å². The summed E-state index contributed by atoms with van der Waals surface area (Å²) in [5.41, 5.74) is 2.16. The van der Waals surface area contributed by atoms with Gasteiger partial charge in [-0.2, -0.15) is 0 Å². The van der Waals surface area contributed by atoms with E-state index in [1.165, 1.54) is 6.92 Å². The second kappa shape index (κ2) is 9.82. The zero-order chi connectivity index (χ0) is 20.0. The van der Waals surface area contributed by atoms with E-state index in [2.05, 4.69) is 16.3 Å². The lowest BCUT2D eigenvalue weighted by Gasteiger charge is -2.27. The van der Waals surface area contributed by atoms with E-state index in [0.29, 0.717) is 32.6 Å². The normalized spacial score (nSPS) is 20.6. The quantitative estimate of drug-likeness (QED) is 0.725. The molecule has 3 rings (SSSR count). The Hall–Kier alpha value is -1.48. The summed E-state index contributed by atoms with van der Waals surface area (Å²) in [5, 5.41) is 1.29. The van der Waals surface area contributed by atoms with Crippen molar-refractivity contribution in [2.75, 3.05) is 39.5 Å². The maximum absolute atomic E-state index is 12.7. The van der Waals surface area contributed by atoms with Gasteiger partial charge in [0.2, 0.25) is 5.91 Å². The number of morpholine rings is 1. The molecular formula is C20H30N2O5S. The molecule has 1 aromatic carbocycles. The molecule has 0 spiro atoms. The standard InChI is InChI=1S/C20H30N2O5S/c1-16(28(24,25)19-6-10-26-11-7-19)20(23)21-14-17-4-2-3-5-18(17)15-22-8-12-27-13-9-22/h2-5,16,19H,6-15H2,1H3,(H,21,23). The molecule has 0 saturated carbocycles. The summed E-state index contributed by atoms with van der Waals surface area (Å²) < 4.78 is 36.1. The first-order valence-electron chi connectivity index (χ1n) is 9.93. The van der Waals surface area contributed by atoms with Crippen molar-refractivity contribution in [3.63, 3.8) is 0 Å². The summed E-state index contributed by atoms with van der Waals surface area (Å²) in [6.07, 6.45) is 0.921. The maximum atomic E-state index is 12.7. The van der Waals surface area contributed by atoms with Crippen molar-refractivity contribution in [3.8, 4) is 0 Å². The topological polar surface area (TPSA) is 84.9 Å². The van der Waals surface area contributed by atoms with Crippen molar-refractivity contribution >= 4 is 15.7 Å². The van der Waals surface area contributed by atoms with E-state index in [4.69, 9.17) is 9.47 Å². The number of rotatable bonds is 7. The zero-order valence-corrected chi connectivity index (χ0v) is 17.2. The highest BCUT2D eigenvalue weighted by Crippen LogP contribution is 2.20. The fourth-order valence-electron chi connectivity index (χ4n) is 3.65. The number of ether oxygens (including phenoxy) is 2. The van der Waals surface area contributed by atoms with Gasteiger partial charge in [-0.1, -0.05) is 24.3 Å². The second-order valence-electron chi connectivity index (χ2n) is 7.42. The number of amides is 1. The van der Waals surface area contributed by atoms with Gasteiger partial charge >= 0.3 is 0 Å². The van der Waals surface area contributed by atoms with Gasteiger partial charge in [-0.05, 0) is 30.9 Å². The van der Waals surface area contributed by atoms with Crippen LogP contribution in [0.2, 0.25) is 0 Å². The van der Waals surface area contributed by atoms with Crippen LogP contribution in [0, 0.1) is 0 Å². The molecule has 1 amide bonds. The molecule has 2 heterocycles. The summed E-state index contributed by atoms with van der Waals surface area (Å²) in [5.74, 6) is -0.437. The molecule has 2 saturated heterocycles. The van der Waals surface area contributed by atoms with Crippen molar-refractivity contribution in [1.82, 2.24) is 10.2 Å². The monoisotopic (exact) mass is 410 g/mol. The highest BCUT2D eigenvalue weighted by molar-refractivity contribution is 7.93. The molecule has 0 aliphatic carbocycles. The number of hydrogen-bond donors (Lipinski definition) is 1. The Balaban J connectivity index is 1.59. The highest BCUT2D eigenvalue weighted by Gasteiger charge is 2.36. The van der Waals surface area contributed by atoms with Crippen LogP contribution < -0.4 is 5.32 Å². The molecule has 7 nitrogen and oxygen atoms in total. The van der Waals surface area contributed by atoms with Crippen molar-refractivity contribution in [2.45, 2.75) is 43.4 Å². The Kier molecular flexibility index (Phi) is 7.45.